The monoisotopic (exact) mass is 373 g/mol. The van der Waals surface area contributed by atoms with Crippen molar-refractivity contribution < 1.29 is 9.32 Å². The Morgan fingerprint density at radius 2 is 1.96 bits per heavy atom. The summed E-state index contributed by atoms with van der Waals surface area (Å²) < 4.78 is 5.37. The number of fused-ring (bicyclic) bond motifs is 1. The third-order valence-corrected chi connectivity index (χ3v) is 5.24. The number of aromatic nitrogens is 2. The van der Waals surface area contributed by atoms with Crippen LogP contribution in [0.3, 0.4) is 0 Å². The van der Waals surface area contributed by atoms with Crippen molar-refractivity contribution in [2.75, 3.05) is 39.8 Å². The van der Waals surface area contributed by atoms with Gasteiger partial charge in [-0.3, -0.25) is 4.79 Å². The van der Waals surface area contributed by atoms with Gasteiger partial charge in [-0.1, -0.05) is 19.0 Å². The average Bonchev–Trinajstić information content (AvgIpc) is 3.04. The van der Waals surface area contributed by atoms with Crippen LogP contribution in [0.15, 0.2) is 10.6 Å². The summed E-state index contributed by atoms with van der Waals surface area (Å²) in [5.74, 6) is 0.0819. The van der Waals surface area contributed by atoms with E-state index < -0.39 is 0 Å². The van der Waals surface area contributed by atoms with Crippen molar-refractivity contribution in [3.63, 3.8) is 0 Å². The van der Waals surface area contributed by atoms with Gasteiger partial charge in [0.1, 0.15) is 0 Å². The lowest BCUT2D eigenvalue weighted by Crippen LogP contribution is -2.46. The summed E-state index contributed by atoms with van der Waals surface area (Å²) >= 11 is 0. The highest BCUT2D eigenvalue weighted by molar-refractivity contribution is 6.06. The van der Waals surface area contributed by atoms with E-state index in [0.717, 1.165) is 55.9 Å². The summed E-state index contributed by atoms with van der Waals surface area (Å²) in [5, 5.41) is 8.02. The molecule has 0 spiro atoms. The Labute approximate surface area is 161 Å². The van der Waals surface area contributed by atoms with E-state index in [1.165, 1.54) is 0 Å². The molecule has 148 valence electrons. The fraction of sp³-hybridized carbons (Fsp3) is 0.650. The number of carbonyl (C=O) groups is 1. The van der Waals surface area contributed by atoms with E-state index in [1.54, 1.807) is 0 Å². The van der Waals surface area contributed by atoms with Crippen LogP contribution >= 0.6 is 0 Å². The summed E-state index contributed by atoms with van der Waals surface area (Å²) in [5.41, 5.74) is 2.58. The van der Waals surface area contributed by atoms with E-state index in [-0.39, 0.29) is 17.9 Å². The minimum atomic E-state index is -0.0820. The van der Waals surface area contributed by atoms with Crippen LogP contribution in [0.25, 0.3) is 11.1 Å². The molecule has 3 heterocycles. The number of carbonyl (C=O) groups excluding carboxylic acids is 1. The van der Waals surface area contributed by atoms with Gasteiger partial charge < -0.3 is 19.6 Å². The van der Waals surface area contributed by atoms with E-state index >= 15 is 0 Å². The van der Waals surface area contributed by atoms with Crippen LogP contribution in [0.2, 0.25) is 0 Å². The quantitative estimate of drug-likeness (QED) is 0.838. The van der Waals surface area contributed by atoms with E-state index in [4.69, 9.17) is 4.52 Å². The lowest BCUT2D eigenvalue weighted by Gasteiger charge is -2.32. The number of nitrogens with one attached hydrogen (secondary N) is 1. The summed E-state index contributed by atoms with van der Waals surface area (Å²) in [6, 6.07) is 1.93. The first-order chi connectivity index (χ1) is 12.8. The van der Waals surface area contributed by atoms with E-state index in [1.807, 2.05) is 26.8 Å². The largest absolute Gasteiger partial charge is 0.350 e. The standard InChI is InChI=1S/C20H31N5O2/c1-13(2)18-17-16(12-15(4)22-20(17)27-23-18)19(26)21-14(3)6-7-25-10-8-24(5)9-11-25/h12-14H,6-11H2,1-5H3,(H,21,26). The maximum absolute atomic E-state index is 13.0. The molecule has 1 unspecified atom stereocenters. The fourth-order valence-electron chi connectivity index (χ4n) is 3.49. The average molecular weight is 374 g/mol. The highest BCUT2D eigenvalue weighted by Crippen LogP contribution is 2.27. The highest BCUT2D eigenvalue weighted by atomic mass is 16.5. The maximum Gasteiger partial charge on any atom is 0.259 e. The molecule has 7 nitrogen and oxygen atoms in total. The molecule has 2 aromatic heterocycles. The number of nitrogens with zero attached hydrogens (tertiary/aromatic N) is 4. The SMILES string of the molecule is Cc1cc(C(=O)NC(C)CCN2CCN(C)CC2)c2c(C(C)C)noc2n1. The van der Waals surface area contributed by atoms with Crippen LogP contribution in [0.4, 0.5) is 0 Å². The van der Waals surface area contributed by atoms with Gasteiger partial charge in [0.05, 0.1) is 16.6 Å². The van der Waals surface area contributed by atoms with Gasteiger partial charge in [0.25, 0.3) is 11.6 Å². The zero-order valence-electron chi connectivity index (χ0n) is 17.1. The molecule has 1 atom stereocenters. The smallest absolute Gasteiger partial charge is 0.259 e. The predicted octanol–water partition coefficient (Wildman–Crippen LogP) is 2.41. The zero-order valence-corrected chi connectivity index (χ0v) is 17.1. The second-order valence-electron chi connectivity index (χ2n) is 8.02. The predicted molar refractivity (Wildman–Crippen MR) is 106 cm³/mol. The molecule has 27 heavy (non-hydrogen) atoms. The van der Waals surface area contributed by atoms with Gasteiger partial charge in [0, 0.05) is 44.5 Å². The molecule has 0 saturated carbocycles. The van der Waals surface area contributed by atoms with Crippen LogP contribution in [0.5, 0.6) is 0 Å². The van der Waals surface area contributed by atoms with Gasteiger partial charge in [-0.25, -0.2) is 4.98 Å². The Morgan fingerprint density at radius 1 is 1.26 bits per heavy atom. The maximum atomic E-state index is 13.0. The number of aryl methyl sites for hydroxylation is 1. The molecule has 3 rings (SSSR count). The van der Waals surface area contributed by atoms with Crippen LogP contribution < -0.4 is 5.32 Å². The first-order valence-electron chi connectivity index (χ1n) is 9.83. The second kappa shape index (κ2) is 8.35. The lowest BCUT2D eigenvalue weighted by atomic mass is 10.0. The normalized spacial score (nSPS) is 17.6. The number of likely N-dealkylation sites (N-methyl/N-ethyl adjacent to an activating group) is 1. The van der Waals surface area contributed by atoms with Crippen molar-refractivity contribution in [2.45, 2.75) is 46.1 Å². The van der Waals surface area contributed by atoms with Crippen molar-refractivity contribution in [1.82, 2.24) is 25.3 Å². The molecule has 0 aromatic carbocycles. The minimum absolute atomic E-state index is 0.0820. The number of hydrogen-bond acceptors (Lipinski definition) is 6. The van der Waals surface area contributed by atoms with Gasteiger partial charge in [-0.2, -0.15) is 0 Å². The zero-order chi connectivity index (χ0) is 19.6. The van der Waals surface area contributed by atoms with Crippen molar-refractivity contribution in [1.29, 1.82) is 0 Å². The Kier molecular flexibility index (Phi) is 6.11. The third kappa shape index (κ3) is 4.65. The van der Waals surface area contributed by atoms with E-state index in [9.17, 15) is 4.79 Å². The van der Waals surface area contributed by atoms with Crippen molar-refractivity contribution in [3.05, 3.63) is 23.0 Å². The number of amides is 1. The number of rotatable bonds is 6. The summed E-state index contributed by atoms with van der Waals surface area (Å²) in [7, 11) is 2.16. The number of pyridine rings is 1. The van der Waals surface area contributed by atoms with Crippen LogP contribution in [0, 0.1) is 6.92 Å². The third-order valence-electron chi connectivity index (χ3n) is 5.24. The van der Waals surface area contributed by atoms with Gasteiger partial charge >= 0.3 is 0 Å². The minimum Gasteiger partial charge on any atom is -0.350 e. The number of hydrogen-bond donors (Lipinski definition) is 1. The Balaban J connectivity index is 1.67. The van der Waals surface area contributed by atoms with E-state index in [0.29, 0.717) is 11.3 Å². The fourth-order valence-corrected chi connectivity index (χ4v) is 3.49. The van der Waals surface area contributed by atoms with Gasteiger partial charge in [0.15, 0.2) is 0 Å². The summed E-state index contributed by atoms with van der Waals surface area (Å²) in [6.07, 6.45) is 0.934. The summed E-state index contributed by atoms with van der Waals surface area (Å²) in [4.78, 5) is 22.2. The molecule has 0 aliphatic carbocycles. The van der Waals surface area contributed by atoms with Crippen LogP contribution in [-0.2, 0) is 0 Å². The molecule has 7 heteroatoms. The Hall–Kier alpha value is -1.99. The van der Waals surface area contributed by atoms with Crippen molar-refractivity contribution >= 4 is 17.0 Å². The second-order valence-corrected chi connectivity index (χ2v) is 8.02. The van der Waals surface area contributed by atoms with Gasteiger partial charge in [-0.05, 0) is 39.3 Å². The summed E-state index contributed by atoms with van der Waals surface area (Å²) in [6.45, 7) is 13.4. The van der Waals surface area contributed by atoms with Crippen molar-refractivity contribution in [2.24, 2.45) is 0 Å². The number of piperazine rings is 1. The molecule has 0 bridgehead atoms. The molecule has 2 aromatic rings. The van der Waals surface area contributed by atoms with Crippen molar-refractivity contribution in [3.8, 4) is 0 Å². The first kappa shape index (κ1) is 19.8. The molecule has 0 radical (unpaired) electrons. The molecular formula is C20H31N5O2. The highest BCUT2D eigenvalue weighted by Gasteiger charge is 2.22. The molecule has 1 N–H and O–H groups in total. The molecular weight excluding hydrogens is 342 g/mol. The van der Waals surface area contributed by atoms with Gasteiger partial charge in [0.2, 0.25) is 0 Å². The Morgan fingerprint density at radius 3 is 2.63 bits per heavy atom. The first-order valence-corrected chi connectivity index (χ1v) is 9.83. The van der Waals surface area contributed by atoms with Gasteiger partial charge in [-0.15, -0.1) is 0 Å². The molecule has 1 saturated heterocycles. The molecule has 1 aliphatic heterocycles. The van der Waals surface area contributed by atoms with Crippen LogP contribution in [-0.4, -0.2) is 71.7 Å². The van der Waals surface area contributed by atoms with Crippen LogP contribution in [0.1, 0.15) is 54.9 Å². The lowest BCUT2D eigenvalue weighted by molar-refractivity contribution is 0.0933. The molecule has 1 fully saturated rings. The molecule has 1 amide bonds. The Bertz CT molecular complexity index is 793. The topological polar surface area (TPSA) is 74.5 Å². The molecule has 1 aliphatic rings. The van der Waals surface area contributed by atoms with E-state index in [2.05, 4.69) is 39.2 Å².